The number of rotatable bonds is 3. The van der Waals surface area contributed by atoms with Crippen molar-refractivity contribution in [3.8, 4) is 0 Å². The molecule has 1 fully saturated rings. The van der Waals surface area contributed by atoms with Gasteiger partial charge in [-0.05, 0) is 25.7 Å². The Hall–Kier alpha value is -2.39. The predicted octanol–water partition coefficient (Wildman–Crippen LogP) is 3.17. The third-order valence-electron chi connectivity index (χ3n) is 4.08. The van der Waals surface area contributed by atoms with Crippen LogP contribution in [-0.4, -0.2) is 23.0 Å². The van der Waals surface area contributed by atoms with E-state index >= 15 is 0 Å². The number of amides is 1. The Bertz CT molecular complexity index is 655. The van der Waals surface area contributed by atoms with Gasteiger partial charge in [0.05, 0.1) is 16.4 Å². The Labute approximate surface area is 134 Å². The lowest BCUT2D eigenvalue weighted by molar-refractivity contribution is -0.384. The molecule has 10 heteroatoms. The largest absolute Gasteiger partial charge is 0.393 e. The maximum Gasteiger partial charge on any atom is 0.391 e. The standard InChI is InChI=1S/C14H15F4N3O3/c15-10-6-11(19)12(21(23)24)5-9(10)13(22)20-8-3-1-7(2-4-8)14(16,17)18/h5-8H,1-4,19H2,(H,20,22). The van der Waals surface area contributed by atoms with Crippen LogP contribution in [0, 0.1) is 21.8 Å². The number of nitro benzene ring substituents is 1. The first-order valence-corrected chi connectivity index (χ1v) is 7.20. The number of hydrogen-bond donors (Lipinski definition) is 2. The van der Waals surface area contributed by atoms with E-state index in [1.54, 1.807) is 0 Å². The van der Waals surface area contributed by atoms with Crippen molar-refractivity contribution < 1.29 is 27.3 Å². The summed E-state index contributed by atoms with van der Waals surface area (Å²) >= 11 is 0. The number of nitrogens with two attached hydrogens (primary N) is 1. The van der Waals surface area contributed by atoms with Crippen molar-refractivity contribution in [3.63, 3.8) is 0 Å². The minimum Gasteiger partial charge on any atom is -0.393 e. The normalized spacial score (nSPS) is 21.3. The number of alkyl halides is 3. The Morgan fingerprint density at radius 3 is 2.33 bits per heavy atom. The summed E-state index contributed by atoms with van der Waals surface area (Å²) in [6.45, 7) is 0. The predicted molar refractivity (Wildman–Crippen MR) is 76.7 cm³/mol. The van der Waals surface area contributed by atoms with Crippen molar-refractivity contribution in [1.29, 1.82) is 0 Å². The third-order valence-corrected chi connectivity index (χ3v) is 4.08. The molecule has 0 atom stereocenters. The SMILES string of the molecule is Nc1cc(F)c(C(=O)NC2CCC(C(F)(F)F)CC2)cc1[N+](=O)[O-]. The second-order valence-electron chi connectivity index (χ2n) is 5.71. The first-order valence-electron chi connectivity index (χ1n) is 7.20. The van der Waals surface area contributed by atoms with Crippen molar-refractivity contribution in [1.82, 2.24) is 5.32 Å². The zero-order valence-corrected chi connectivity index (χ0v) is 12.4. The van der Waals surface area contributed by atoms with Crippen molar-refractivity contribution >= 4 is 17.3 Å². The van der Waals surface area contributed by atoms with Gasteiger partial charge in [-0.2, -0.15) is 13.2 Å². The topological polar surface area (TPSA) is 98.3 Å². The van der Waals surface area contributed by atoms with Gasteiger partial charge in [-0.25, -0.2) is 4.39 Å². The number of halogens is 4. The van der Waals surface area contributed by atoms with E-state index in [0.29, 0.717) is 6.07 Å². The van der Waals surface area contributed by atoms with E-state index < -0.39 is 51.7 Å². The number of anilines is 1. The monoisotopic (exact) mass is 349 g/mol. The van der Waals surface area contributed by atoms with Gasteiger partial charge in [0.15, 0.2) is 0 Å². The van der Waals surface area contributed by atoms with E-state index in [0.717, 1.165) is 6.07 Å². The molecule has 2 rings (SSSR count). The molecule has 0 saturated heterocycles. The molecule has 1 aromatic carbocycles. The molecule has 24 heavy (non-hydrogen) atoms. The van der Waals surface area contributed by atoms with E-state index in [9.17, 15) is 32.5 Å². The Morgan fingerprint density at radius 2 is 1.83 bits per heavy atom. The van der Waals surface area contributed by atoms with Gasteiger partial charge in [0.2, 0.25) is 0 Å². The lowest BCUT2D eigenvalue weighted by atomic mass is 9.85. The molecule has 6 nitrogen and oxygen atoms in total. The lowest BCUT2D eigenvalue weighted by Crippen LogP contribution is -2.40. The maximum atomic E-state index is 13.8. The van der Waals surface area contributed by atoms with E-state index in [-0.39, 0.29) is 25.7 Å². The second kappa shape index (κ2) is 6.62. The van der Waals surface area contributed by atoms with E-state index in [1.807, 2.05) is 0 Å². The zero-order chi connectivity index (χ0) is 18.1. The smallest absolute Gasteiger partial charge is 0.391 e. The summed E-state index contributed by atoms with van der Waals surface area (Å²) in [5.74, 6) is -3.34. The molecule has 1 saturated carbocycles. The molecule has 3 N–H and O–H groups in total. The van der Waals surface area contributed by atoms with E-state index in [1.165, 1.54) is 0 Å². The van der Waals surface area contributed by atoms with Crippen LogP contribution in [0.4, 0.5) is 28.9 Å². The highest BCUT2D eigenvalue weighted by Gasteiger charge is 2.41. The summed E-state index contributed by atoms with van der Waals surface area (Å²) in [6, 6.07) is 0.863. The molecule has 1 aliphatic carbocycles. The van der Waals surface area contributed by atoms with E-state index in [4.69, 9.17) is 5.73 Å². The third kappa shape index (κ3) is 3.92. The van der Waals surface area contributed by atoms with Crippen LogP contribution in [0.2, 0.25) is 0 Å². The summed E-state index contributed by atoms with van der Waals surface area (Å²) < 4.78 is 51.6. The molecule has 1 aromatic rings. The highest BCUT2D eigenvalue weighted by Crippen LogP contribution is 2.37. The van der Waals surface area contributed by atoms with Gasteiger partial charge in [0.1, 0.15) is 11.5 Å². The molecule has 0 spiro atoms. The molecule has 0 radical (unpaired) electrons. The number of carbonyl (C=O) groups is 1. The van der Waals surface area contributed by atoms with Crippen LogP contribution >= 0.6 is 0 Å². The number of nitrogens with zero attached hydrogens (tertiary/aromatic N) is 1. The summed E-state index contributed by atoms with van der Waals surface area (Å²) in [5, 5.41) is 13.2. The summed E-state index contributed by atoms with van der Waals surface area (Å²) in [5.41, 5.74) is 3.72. The highest BCUT2D eigenvalue weighted by molar-refractivity contribution is 5.96. The van der Waals surface area contributed by atoms with Crippen molar-refractivity contribution in [2.45, 2.75) is 37.9 Å². The Balaban J connectivity index is 2.06. The van der Waals surface area contributed by atoms with Crippen LogP contribution in [0.3, 0.4) is 0 Å². The number of benzene rings is 1. The molecule has 0 heterocycles. The van der Waals surface area contributed by atoms with Gasteiger partial charge >= 0.3 is 6.18 Å². The molecule has 0 bridgehead atoms. The molecule has 1 aliphatic rings. The van der Waals surface area contributed by atoms with Crippen LogP contribution in [-0.2, 0) is 0 Å². The number of nitro groups is 1. The second-order valence-corrected chi connectivity index (χ2v) is 5.71. The van der Waals surface area contributed by atoms with Crippen LogP contribution in [0.25, 0.3) is 0 Å². The molecular weight excluding hydrogens is 334 g/mol. The number of nitrogen functional groups attached to an aromatic ring is 1. The fraction of sp³-hybridized carbons (Fsp3) is 0.500. The zero-order valence-electron chi connectivity index (χ0n) is 12.4. The molecular formula is C14H15F4N3O3. The van der Waals surface area contributed by atoms with Crippen molar-refractivity contribution in [2.75, 3.05) is 5.73 Å². The minimum atomic E-state index is -4.27. The van der Waals surface area contributed by atoms with Crippen LogP contribution in [0.15, 0.2) is 12.1 Å². The van der Waals surface area contributed by atoms with Crippen LogP contribution in [0.1, 0.15) is 36.0 Å². The average Bonchev–Trinajstić information content (AvgIpc) is 2.46. The van der Waals surface area contributed by atoms with Gasteiger partial charge in [0.25, 0.3) is 11.6 Å². The number of hydrogen-bond acceptors (Lipinski definition) is 4. The highest BCUT2D eigenvalue weighted by atomic mass is 19.4. The van der Waals surface area contributed by atoms with Gasteiger partial charge in [-0.1, -0.05) is 0 Å². The van der Waals surface area contributed by atoms with Gasteiger partial charge in [-0.3, -0.25) is 14.9 Å². The first-order chi connectivity index (χ1) is 11.1. The minimum absolute atomic E-state index is 0.106. The van der Waals surface area contributed by atoms with Gasteiger partial charge in [0, 0.05) is 18.2 Å². The molecule has 0 aromatic heterocycles. The van der Waals surface area contributed by atoms with Gasteiger partial charge < -0.3 is 11.1 Å². The quantitative estimate of drug-likeness (QED) is 0.379. The Kier molecular flexibility index (Phi) is 4.95. The average molecular weight is 349 g/mol. The van der Waals surface area contributed by atoms with Gasteiger partial charge in [-0.15, -0.1) is 0 Å². The lowest BCUT2D eigenvalue weighted by Gasteiger charge is -2.30. The van der Waals surface area contributed by atoms with Crippen molar-refractivity contribution in [3.05, 3.63) is 33.6 Å². The van der Waals surface area contributed by atoms with E-state index in [2.05, 4.69) is 5.32 Å². The number of carbonyl (C=O) groups excluding carboxylic acids is 1. The van der Waals surface area contributed by atoms with Crippen molar-refractivity contribution in [2.24, 2.45) is 5.92 Å². The maximum absolute atomic E-state index is 13.8. The molecule has 132 valence electrons. The summed E-state index contributed by atoms with van der Waals surface area (Å²) in [7, 11) is 0. The number of nitrogens with one attached hydrogen (secondary N) is 1. The molecule has 1 amide bonds. The fourth-order valence-corrected chi connectivity index (χ4v) is 2.74. The van der Waals surface area contributed by atoms with Crippen LogP contribution < -0.4 is 11.1 Å². The fourth-order valence-electron chi connectivity index (χ4n) is 2.74. The van der Waals surface area contributed by atoms with Crippen LogP contribution in [0.5, 0.6) is 0 Å². The summed E-state index contributed by atoms with van der Waals surface area (Å²) in [4.78, 5) is 22.0. The first kappa shape index (κ1) is 18.0. The molecule has 0 unspecified atom stereocenters. The summed E-state index contributed by atoms with van der Waals surface area (Å²) in [6.07, 6.45) is -4.31. The Morgan fingerprint density at radius 1 is 1.25 bits per heavy atom. The molecule has 0 aliphatic heterocycles.